The van der Waals surface area contributed by atoms with Gasteiger partial charge in [-0.1, -0.05) is 143 Å². The fourth-order valence-corrected chi connectivity index (χ4v) is 4.09. The molecule has 1 heterocycles. The Balaban J connectivity index is 0.000000252. The van der Waals surface area contributed by atoms with Gasteiger partial charge in [-0.15, -0.1) is 6.58 Å². The van der Waals surface area contributed by atoms with E-state index in [4.69, 9.17) is 0 Å². The highest BCUT2D eigenvalue weighted by Gasteiger charge is 2.17. The molecule has 2 heteroatoms. The summed E-state index contributed by atoms with van der Waals surface area (Å²) in [5, 5.41) is 7.85. The van der Waals surface area contributed by atoms with Crippen LogP contribution in [0.2, 0.25) is 0 Å². The Morgan fingerprint density at radius 3 is 1.71 bits per heavy atom. The lowest BCUT2D eigenvalue weighted by Crippen LogP contribution is -1.84. The van der Waals surface area contributed by atoms with Gasteiger partial charge in [0.1, 0.15) is 5.69 Å². The van der Waals surface area contributed by atoms with Crippen molar-refractivity contribution in [3.8, 4) is 33.6 Å². The predicted molar refractivity (Wildman–Crippen MR) is 148 cm³/mol. The van der Waals surface area contributed by atoms with Gasteiger partial charge in [0.25, 0.3) is 0 Å². The van der Waals surface area contributed by atoms with E-state index in [9.17, 15) is 0 Å². The molecule has 0 spiro atoms. The number of benzene rings is 3. The molecule has 1 N–H and O–H groups in total. The Hall–Kier alpha value is -3.39. The van der Waals surface area contributed by atoms with Crippen molar-refractivity contribution >= 4 is 0 Å². The highest BCUT2D eigenvalue weighted by Crippen LogP contribution is 2.37. The van der Waals surface area contributed by atoms with Crippen molar-refractivity contribution < 1.29 is 0 Å². The minimum Gasteiger partial charge on any atom is -0.277 e. The monoisotopic (exact) mass is 450 g/mol. The summed E-state index contributed by atoms with van der Waals surface area (Å²) in [6.07, 6.45) is 13.0. The van der Waals surface area contributed by atoms with Gasteiger partial charge < -0.3 is 0 Å². The molecule has 1 aromatic heterocycles. The van der Waals surface area contributed by atoms with Gasteiger partial charge >= 0.3 is 0 Å². The molecule has 3 aromatic carbocycles. The van der Waals surface area contributed by atoms with Gasteiger partial charge in [-0.05, 0) is 18.4 Å². The number of H-pyrrole nitrogens is 1. The van der Waals surface area contributed by atoms with Crippen LogP contribution in [0.25, 0.3) is 33.6 Å². The summed E-state index contributed by atoms with van der Waals surface area (Å²) < 4.78 is 0. The van der Waals surface area contributed by atoms with Gasteiger partial charge in [-0.25, -0.2) is 0 Å². The number of hydrogen-bond acceptors (Lipinski definition) is 1. The standard InChI is InChI=1S/C21H16N2.C11H22/c1-4-10-16(11-5-1)19-20(17-12-6-2-7-13-17)22-23-21(19)18-14-8-3-9-15-18;1-3-5-7-9-11-10-8-6-4-2/h1-15H,(H,22,23);3H,1,4-11H2,2H3. The molecule has 0 saturated carbocycles. The molecule has 4 rings (SSSR count). The molecule has 176 valence electrons. The van der Waals surface area contributed by atoms with Crippen LogP contribution in [0.3, 0.4) is 0 Å². The maximum Gasteiger partial charge on any atom is 0.101 e. The lowest BCUT2D eigenvalue weighted by atomic mass is 9.96. The third-order valence-corrected chi connectivity index (χ3v) is 5.95. The van der Waals surface area contributed by atoms with E-state index in [0.29, 0.717) is 0 Å². The Morgan fingerprint density at radius 2 is 1.15 bits per heavy atom. The van der Waals surface area contributed by atoms with Crippen molar-refractivity contribution in [1.29, 1.82) is 0 Å². The van der Waals surface area contributed by atoms with Crippen LogP contribution in [0.5, 0.6) is 0 Å². The summed E-state index contributed by atoms with van der Waals surface area (Å²) in [7, 11) is 0. The lowest BCUT2D eigenvalue weighted by molar-refractivity contribution is 0.592. The molecule has 0 fully saturated rings. The Morgan fingerprint density at radius 1 is 0.647 bits per heavy atom. The summed E-state index contributed by atoms with van der Waals surface area (Å²) in [6, 6.07) is 31.1. The molecule has 0 amide bonds. The smallest absolute Gasteiger partial charge is 0.101 e. The van der Waals surface area contributed by atoms with Crippen LogP contribution in [0, 0.1) is 0 Å². The van der Waals surface area contributed by atoms with Crippen molar-refractivity contribution in [3.05, 3.63) is 104 Å². The number of allylic oxidation sites excluding steroid dienone is 1. The number of hydrogen-bond donors (Lipinski definition) is 1. The number of nitrogens with one attached hydrogen (secondary N) is 1. The maximum atomic E-state index is 4.61. The minimum absolute atomic E-state index is 0.982. The van der Waals surface area contributed by atoms with E-state index in [1.165, 1.54) is 56.9 Å². The zero-order valence-corrected chi connectivity index (χ0v) is 20.5. The molecule has 0 aliphatic heterocycles. The van der Waals surface area contributed by atoms with E-state index in [1.54, 1.807) is 0 Å². The fraction of sp³-hybridized carbons (Fsp3) is 0.281. The highest BCUT2D eigenvalue weighted by atomic mass is 15.1. The molecule has 0 aliphatic carbocycles. The van der Waals surface area contributed by atoms with Crippen LogP contribution < -0.4 is 0 Å². The first-order valence-electron chi connectivity index (χ1n) is 12.7. The third kappa shape index (κ3) is 7.59. The molecule has 2 nitrogen and oxygen atoms in total. The Labute approximate surface area is 205 Å². The van der Waals surface area contributed by atoms with E-state index in [2.05, 4.69) is 72.2 Å². The van der Waals surface area contributed by atoms with Crippen LogP contribution in [0.1, 0.15) is 58.3 Å². The molecule has 0 unspecified atom stereocenters. The minimum atomic E-state index is 0.982. The first-order chi connectivity index (χ1) is 16.8. The second-order valence-electron chi connectivity index (χ2n) is 8.62. The van der Waals surface area contributed by atoms with E-state index in [1.807, 2.05) is 48.5 Å². The molecular weight excluding hydrogens is 412 g/mol. The molecule has 0 saturated heterocycles. The van der Waals surface area contributed by atoms with E-state index < -0.39 is 0 Å². The normalized spacial score (nSPS) is 10.4. The summed E-state index contributed by atoms with van der Waals surface area (Å²) >= 11 is 0. The quantitative estimate of drug-likeness (QED) is 0.179. The number of rotatable bonds is 11. The molecular formula is C32H38N2. The van der Waals surface area contributed by atoms with Crippen molar-refractivity contribution in [3.63, 3.8) is 0 Å². The van der Waals surface area contributed by atoms with E-state index in [-0.39, 0.29) is 0 Å². The topological polar surface area (TPSA) is 28.7 Å². The van der Waals surface area contributed by atoms with E-state index >= 15 is 0 Å². The summed E-state index contributed by atoms with van der Waals surface area (Å²) in [6.45, 7) is 5.97. The molecule has 4 aromatic rings. The number of unbranched alkanes of at least 4 members (excludes halogenated alkanes) is 7. The zero-order valence-electron chi connectivity index (χ0n) is 20.5. The fourth-order valence-electron chi connectivity index (χ4n) is 4.09. The van der Waals surface area contributed by atoms with Gasteiger partial charge in [0, 0.05) is 16.7 Å². The SMILES string of the molecule is C=CCCCCCCCCC.c1ccc(-c2n[nH]c(-c3ccccc3)c2-c2ccccc2)cc1. The lowest BCUT2D eigenvalue weighted by Gasteiger charge is -2.07. The number of aromatic amines is 1. The summed E-state index contributed by atoms with van der Waals surface area (Å²) in [4.78, 5) is 0. The van der Waals surface area contributed by atoms with Gasteiger partial charge in [-0.2, -0.15) is 5.10 Å². The van der Waals surface area contributed by atoms with Crippen molar-refractivity contribution in [2.24, 2.45) is 0 Å². The molecule has 0 atom stereocenters. The first-order valence-corrected chi connectivity index (χ1v) is 12.7. The predicted octanol–water partition coefficient (Wildman–Crippen LogP) is 9.72. The van der Waals surface area contributed by atoms with Crippen LogP contribution in [-0.2, 0) is 0 Å². The molecule has 0 aliphatic rings. The summed E-state index contributed by atoms with van der Waals surface area (Å²) in [5.74, 6) is 0. The van der Waals surface area contributed by atoms with Gasteiger partial charge in [-0.3, -0.25) is 5.10 Å². The average Bonchev–Trinajstić information content (AvgIpc) is 3.35. The maximum absolute atomic E-state index is 4.61. The molecule has 0 bridgehead atoms. The Kier molecular flexibility index (Phi) is 10.9. The third-order valence-electron chi connectivity index (χ3n) is 5.95. The van der Waals surface area contributed by atoms with Crippen LogP contribution >= 0.6 is 0 Å². The average molecular weight is 451 g/mol. The van der Waals surface area contributed by atoms with Crippen LogP contribution in [-0.4, -0.2) is 10.2 Å². The number of aromatic nitrogens is 2. The van der Waals surface area contributed by atoms with Crippen molar-refractivity contribution in [1.82, 2.24) is 10.2 Å². The van der Waals surface area contributed by atoms with Crippen LogP contribution in [0.15, 0.2) is 104 Å². The van der Waals surface area contributed by atoms with Gasteiger partial charge in [0.2, 0.25) is 0 Å². The molecule has 0 radical (unpaired) electrons. The number of nitrogens with zero attached hydrogens (tertiary/aromatic N) is 1. The second kappa shape index (κ2) is 14.7. The first kappa shape index (κ1) is 25.2. The van der Waals surface area contributed by atoms with Crippen LogP contribution in [0.4, 0.5) is 0 Å². The largest absolute Gasteiger partial charge is 0.277 e. The zero-order chi connectivity index (χ0) is 23.8. The van der Waals surface area contributed by atoms with Gasteiger partial charge in [0.05, 0.1) is 5.69 Å². The second-order valence-corrected chi connectivity index (χ2v) is 8.62. The Bertz CT molecular complexity index is 1010. The van der Waals surface area contributed by atoms with E-state index in [0.717, 1.165) is 28.1 Å². The van der Waals surface area contributed by atoms with Crippen molar-refractivity contribution in [2.75, 3.05) is 0 Å². The molecule has 34 heavy (non-hydrogen) atoms. The summed E-state index contributed by atoms with van der Waals surface area (Å²) in [5.41, 5.74) is 6.60. The van der Waals surface area contributed by atoms with Crippen molar-refractivity contribution in [2.45, 2.75) is 58.3 Å². The highest BCUT2D eigenvalue weighted by molar-refractivity contribution is 5.91. The van der Waals surface area contributed by atoms with Gasteiger partial charge in [0.15, 0.2) is 0 Å².